The van der Waals surface area contributed by atoms with Crippen molar-refractivity contribution in [1.29, 1.82) is 0 Å². The molecule has 43 heavy (non-hydrogen) atoms. The van der Waals surface area contributed by atoms with Crippen molar-refractivity contribution in [3.63, 3.8) is 0 Å². The number of rotatable bonds is 7. The number of hydrogen-bond donors (Lipinski definition) is 1. The fraction of sp³-hybridized carbons (Fsp3) is 0.258. The Bertz CT molecular complexity index is 1680. The Morgan fingerprint density at radius 1 is 1.12 bits per heavy atom. The molecule has 222 valence electrons. The number of carbonyl (C=O) groups excluding carboxylic acids is 1. The van der Waals surface area contributed by atoms with E-state index in [-0.39, 0.29) is 11.8 Å². The Balaban J connectivity index is 1.22. The largest absolute Gasteiger partial charge is 0.416 e. The van der Waals surface area contributed by atoms with Gasteiger partial charge in [-0.3, -0.25) is 9.69 Å². The van der Waals surface area contributed by atoms with Crippen LogP contribution in [0.2, 0.25) is 0 Å². The molecule has 3 aromatic carbocycles. The molecule has 0 saturated carbocycles. The highest BCUT2D eigenvalue weighted by Gasteiger charge is 2.32. The van der Waals surface area contributed by atoms with Crippen LogP contribution in [0, 0.1) is 6.92 Å². The molecule has 1 amide bonds. The number of anilines is 1. The van der Waals surface area contributed by atoms with Gasteiger partial charge in [0.15, 0.2) is 16.1 Å². The Hall–Kier alpha value is -4.03. The molecule has 0 aliphatic carbocycles. The minimum Gasteiger partial charge on any atom is -0.360 e. The molecule has 0 bridgehead atoms. The maximum absolute atomic E-state index is 12.9. The van der Waals surface area contributed by atoms with Gasteiger partial charge in [0.1, 0.15) is 6.33 Å². The second kappa shape index (κ2) is 12.7. The van der Waals surface area contributed by atoms with Crippen molar-refractivity contribution in [1.82, 2.24) is 20.1 Å². The summed E-state index contributed by atoms with van der Waals surface area (Å²) in [5.41, 5.74) is 4.53. The molecule has 1 fully saturated rings. The van der Waals surface area contributed by atoms with E-state index in [0.29, 0.717) is 40.5 Å². The number of benzene rings is 3. The number of carbonyl (C=O) groups is 1. The van der Waals surface area contributed by atoms with Crippen LogP contribution in [0.5, 0.6) is 0 Å². The summed E-state index contributed by atoms with van der Waals surface area (Å²) in [6, 6.07) is 18.6. The van der Waals surface area contributed by atoms with Gasteiger partial charge in [-0.1, -0.05) is 55.9 Å². The van der Waals surface area contributed by atoms with Gasteiger partial charge in [0.05, 0.1) is 22.7 Å². The van der Waals surface area contributed by atoms with Gasteiger partial charge in [0.25, 0.3) is 0 Å². The molecular formula is C31H29F3N6OS2. The molecule has 0 atom stereocenters. The lowest BCUT2D eigenvalue weighted by Gasteiger charge is -2.22. The Labute approximate surface area is 257 Å². The quantitative estimate of drug-likeness (QED) is 0.225. The van der Waals surface area contributed by atoms with Crippen LogP contribution >= 0.6 is 24.0 Å². The standard InChI is InChI=1S/C31H29F3N6OS2/c1-19(2)25-12-7-20(3)15-26(25)40-27(41)17-43-30(40)37-29(42)35-14-13-21-5-4-6-22(16-21)28-36-18-39(38-28)24-10-8-23(9-11-24)31(32,33)34/h4-12,15-16,18-19H,13-14,17H2,1-3H3,(H,35,42)/b37-30-. The van der Waals surface area contributed by atoms with Crippen LogP contribution in [0.25, 0.3) is 17.1 Å². The van der Waals surface area contributed by atoms with Gasteiger partial charge in [-0.25, -0.2) is 9.67 Å². The monoisotopic (exact) mass is 622 g/mol. The molecule has 0 radical (unpaired) electrons. The average molecular weight is 623 g/mol. The number of amidine groups is 1. The molecule has 0 spiro atoms. The predicted octanol–water partition coefficient (Wildman–Crippen LogP) is 6.94. The molecule has 1 aromatic heterocycles. The third-order valence-electron chi connectivity index (χ3n) is 6.84. The topological polar surface area (TPSA) is 75.4 Å². The van der Waals surface area contributed by atoms with Crippen LogP contribution in [0.4, 0.5) is 18.9 Å². The fourth-order valence-electron chi connectivity index (χ4n) is 4.65. The number of halogens is 3. The smallest absolute Gasteiger partial charge is 0.360 e. The number of hydrogen-bond acceptors (Lipinski definition) is 5. The number of thioether (sulfide) groups is 1. The molecule has 0 unspecified atom stereocenters. The average Bonchev–Trinajstić information content (AvgIpc) is 3.60. The molecule has 1 aliphatic rings. The molecule has 12 heteroatoms. The number of thiocarbonyl (C=S) groups is 1. The molecule has 1 aliphatic heterocycles. The van der Waals surface area contributed by atoms with Crippen LogP contribution in [-0.4, -0.2) is 43.2 Å². The second-order valence-corrected chi connectivity index (χ2v) is 11.7. The normalized spacial score (nSPS) is 14.6. The Morgan fingerprint density at radius 2 is 1.88 bits per heavy atom. The van der Waals surface area contributed by atoms with Crippen molar-refractivity contribution >= 4 is 45.9 Å². The minimum absolute atomic E-state index is 0.0229. The SMILES string of the molecule is Cc1ccc(C(C)C)c(N2C(=O)CS/C2=N\C(=S)NCCc2cccc(-c3ncn(-c4ccc(C(F)(F)F)cc4)n3)c2)c1. The van der Waals surface area contributed by atoms with Crippen LogP contribution < -0.4 is 10.2 Å². The van der Waals surface area contributed by atoms with Gasteiger partial charge in [-0.2, -0.15) is 18.2 Å². The highest BCUT2D eigenvalue weighted by Crippen LogP contribution is 2.34. The summed E-state index contributed by atoms with van der Waals surface area (Å²) in [5, 5.41) is 8.48. The molecular weight excluding hydrogens is 594 g/mol. The first-order valence-electron chi connectivity index (χ1n) is 13.6. The molecule has 5 rings (SSSR count). The number of aromatic nitrogens is 3. The van der Waals surface area contributed by atoms with Gasteiger partial charge >= 0.3 is 6.18 Å². The van der Waals surface area contributed by atoms with Crippen LogP contribution in [-0.2, 0) is 17.4 Å². The molecule has 4 aromatic rings. The zero-order valence-electron chi connectivity index (χ0n) is 23.7. The minimum atomic E-state index is -4.40. The highest BCUT2D eigenvalue weighted by molar-refractivity contribution is 8.15. The van der Waals surface area contributed by atoms with E-state index in [2.05, 4.69) is 40.3 Å². The van der Waals surface area contributed by atoms with E-state index in [1.807, 2.05) is 43.3 Å². The Kier molecular flexibility index (Phi) is 8.97. The van der Waals surface area contributed by atoms with E-state index >= 15 is 0 Å². The summed E-state index contributed by atoms with van der Waals surface area (Å²) in [4.78, 5) is 23.4. The lowest BCUT2D eigenvalue weighted by Crippen LogP contribution is -2.32. The van der Waals surface area contributed by atoms with Crippen LogP contribution in [0.3, 0.4) is 0 Å². The summed E-state index contributed by atoms with van der Waals surface area (Å²) in [6.07, 6.45) is -2.28. The zero-order chi connectivity index (χ0) is 30.7. The number of aliphatic imine (C=N–C) groups is 1. The van der Waals surface area contributed by atoms with E-state index in [1.165, 1.54) is 34.9 Å². The summed E-state index contributed by atoms with van der Waals surface area (Å²) >= 11 is 6.88. The van der Waals surface area contributed by atoms with Crippen LogP contribution in [0.15, 0.2) is 78.0 Å². The van der Waals surface area contributed by atoms with Gasteiger partial charge in [0.2, 0.25) is 5.91 Å². The number of aryl methyl sites for hydroxylation is 1. The number of alkyl halides is 3. The summed E-state index contributed by atoms with van der Waals surface area (Å²) in [7, 11) is 0. The maximum atomic E-state index is 12.9. The van der Waals surface area contributed by atoms with E-state index < -0.39 is 11.7 Å². The van der Waals surface area contributed by atoms with Gasteiger partial charge in [0, 0.05) is 12.1 Å². The first kappa shape index (κ1) is 30.4. The van der Waals surface area contributed by atoms with E-state index in [1.54, 1.807) is 4.90 Å². The lowest BCUT2D eigenvalue weighted by molar-refractivity contribution is -0.137. The molecule has 1 saturated heterocycles. The van der Waals surface area contributed by atoms with Crippen LogP contribution in [0.1, 0.15) is 42.0 Å². The third kappa shape index (κ3) is 7.14. The van der Waals surface area contributed by atoms with Crippen molar-refractivity contribution in [2.75, 3.05) is 17.2 Å². The number of nitrogens with zero attached hydrogens (tertiary/aromatic N) is 5. The Morgan fingerprint density at radius 3 is 2.60 bits per heavy atom. The lowest BCUT2D eigenvalue weighted by atomic mass is 9.99. The van der Waals surface area contributed by atoms with Crippen molar-refractivity contribution in [2.24, 2.45) is 4.99 Å². The second-order valence-electron chi connectivity index (χ2n) is 10.4. The van der Waals surface area contributed by atoms with Crippen molar-refractivity contribution in [2.45, 2.75) is 39.3 Å². The first-order chi connectivity index (χ1) is 20.5. The van der Waals surface area contributed by atoms with Crippen molar-refractivity contribution in [3.8, 4) is 17.1 Å². The predicted molar refractivity (Wildman–Crippen MR) is 169 cm³/mol. The van der Waals surface area contributed by atoms with Crippen molar-refractivity contribution < 1.29 is 18.0 Å². The first-order valence-corrected chi connectivity index (χ1v) is 15.0. The summed E-state index contributed by atoms with van der Waals surface area (Å²) < 4.78 is 40.1. The third-order valence-corrected chi connectivity index (χ3v) is 8.00. The zero-order valence-corrected chi connectivity index (χ0v) is 25.4. The summed E-state index contributed by atoms with van der Waals surface area (Å²) in [5.74, 6) is 0.981. The number of amides is 1. The number of nitrogens with one attached hydrogen (secondary N) is 1. The fourth-order valence-corrected chi connectivity index (χ4v) is 5.76. The van der Waals surface area contributed by atoms with E-state index in [0.717, 1.165) is 40.1 Å². The molecule has 1 N–H and O–H groups in total. The van der Waals surface area contributed by atoms with Crippen molar-refractivity contribution in [3.05, 3.63) is 95.3 Å². The van der Waals surface area contributed by atoms with Gasteiger partial charge < -0.3 is 5.32 Å². The molecule has 2 heterocycles. The maximum Gasteiger partial charge on any atom is 0.416 e. The highest BCUT2D eigenvalue weighted by atomic mass is 32.2. The van der Waals surface area contributed by atoms with E-state index in [4.69, 9.17) is 12.2 Å². The molecule has 7 nitrogen and oxygen atoms in total. The summed E-state index contributed by atoms with van der Waals surface area (Å²) in [6.45, 7) is 6.72. The van der Waals surface area contributed by atoms with E-state index in [9.17, 15) is 18.0 Å². The van der Waals surface area contributed by atoms with Gasteiger partial charge in [-0.05, 0) is 84.6 Å². The van der Waals surface area contributed by atoms with Gasteiger partial charge in [-0.15, -0.1) is 5.10 Å².